The molecule has 1 heterocycles. The van der Waals surface area contributed by atoms with Crippen LogP contribution in [-0.4, -0.2) is 15.9 Å². The molecule has 2 aromatic rings. The highest BCUT2D eigenvalue weighted by Gasteiger charge is 2.07. The van der Waals surface area contributed by atoms with Gasteiger partial charge in [-0.3, -0.25) is 14.6 Å². The molecule has 1 aromatic carbocycles. The number of carbonyl (C=O) groups is 1. The smallest absolute Gasteiger partial charge is 0.325 e. The van der Waals surface area contributed by atoms with Crippen molar-refractivity contribution in [3.8, 4) is 0 Å². The Morgan fingerprint density at radius 2 is 1.70 bits per heavy atom. The number of aromatic amines is 2. The molecule has 1 amide bonds. The number of benzene rings is 1. The Balaban J connectivity index is 2.12. The van der Waals surface area contributed by atoms with Gasteiger partial charge in [-0.2, -0.15) is 0 Å². The summed E-state index contributed by atoms with van der Waals surface area (Å²) in [5.41, 5.74) is -0.586. The van der Waals surface area contributed by atoms with Crippen molar-refractivity contribution in [2.75, 3.05) is 5.32 Å². The van der Waals surface area contributed by atoms with Crippen LogP contribution in [0.3, 0.4) is 0 Å². The third-order valence-electron chi connectivity index (χ3n) is 2.31. The first-order chi connectivity index (χ1) is 9.42. The van der Waals surface area contributed by atoms with Gasteiger partial charge in [-0.25, -0.2) is 4.79 Å². The van der Waals surface area contributed by atoms with Gasteiger partial charge in [0, 0.05) is 27.5 Å². The van der Waals surface area contributed by atoms with Crippen LogP contribution in [0.1, 0.15) is 5.69 Å². The first kappa shape index (κ1) is 14.4. The van der Waals surface area contributed by atoms with Gasteiger partial charge >= 0.3 is 5.69 Å². The number of rotatable bonds is 3. The van der Waals surface area contributed by atoms with E-state index in [0.29, 0.717) is 15.7 Å². The monoisotopic (exact) mass is 313 g/mol. The minimum Gasteiger partial charge on any atom is -0.326 e. The van der Waals surface area contributed by atoms with Gasteiger partial charge in [0.05, 0.1) is 6.42 Å². The fourth-order valence-corrected chi connectivity index (χ4v) is 2.14. The molecule has 3 N–H and O–H groups in total. The third-order valence-corrected chi connectivity index (χ3v) is 2.75. The van der Waals surface area contributed by atoms with E-state index in [1.165, 1.54) is 18.2 Å². The molecule has 104 valence electrons. The van der Waals surface area contributed by atoms with E-state index in [0.717, 1.165) is 6.07 Å². The highest BCUT2D eigenvalue weighted by Crippen LogP contribution is 2.22. The van der Waals surface area contributed by atoms with Crippen molar-refractivity contribution < 1.29 is 4.79 Å². The first-order valence-corrected chi connectivity index (χ1v) is 6.26. The Bertz CT molecular complexity index is 719. The van der Waals surface area contributed by atoms with Crippen LogP contribution in [0, 0.1) is 0 Å². The second-order valence-electron chi connectivity index (χ2n) is 4.00. The summed E-state index contributed by atoms with van der Waals surface area (Å²) >= 11 is 11.6. The second-order valence-corrected chi connectivity index (χ2v) is 4.87. The van der Waals surface area contributed by atoms with Crippen LogP contribution in [0.2, 0.25) is 10.0 Å². The zero-order valence-corrected chi connectivity index (χ0v) is 11.5. The molecular formula is C12H9Cl2N3O3. The van der Waals surface area contributed by atoms with Crippen LogP contribution < -0.4 is 16.6 Å². The molecule has 20 heavy (non-hydrogen) atoms. The minimum absolute atomic E-state index is 0.150. The lowest BCUT2D eigenvalue weighted by molar-refractivity contribution is -0.115. The maximum atomic E-state index is 11.8. The van der Waals surface area contributed by atoms with Gasteiger partial charge in [0.1, 0.15) is 0 Å². The van der Waals surface area contributed by atoms with Crippen molar-refractivity contribution in [3.05, 3.63) is 60.8 Å². The summed E-state index contributed by atoms with van der Waals surface area (Å²) < 4.78 is 0. The summed E-state index contributed by atoms with van der Waals surface area (Å²) in [6, 6.07) is 5.75. The molecule has 0 radical (unpaired) electrons. The molecule has 0 aliphatic heterocycles. The normalized spacial score (nSPS) is 10.3. The van der Waals surface area contributed by atoms with Gasteiger partial charge in [-0.1, -0.05) is 23.2 Å². The molecule has 2 rings (SSSR count). The van der Waals surface area contributed by atoms with Gasteiger partial charge in [-0.05, 0) is 18.2 Å². The molecule has 8 heteroatoms. The lowest BCUT2D eigenvalue weighted by Gasteiger charge is -2.06. The molecule has 0 bridgehead atoms. The topological polar surface area (TPSA) is 94.8 Å². The third kappa shape index (κ3) is 3.97. The van der Waals surface area contributed by atoms with E-state index in [4.69, 9.17) is 23.2 Å². The van der Waals surface area contributed by atoms with Gasteiger partial charge in [-0.15, -0.1) is 0 Å². The maximum absolute atomic E-state index is 11.8. The summed E-state index contributed by atoms with van der Waals surface area (Å²) in [5.74, 6) is -0.412. The van der Waals surface area contributed by atoms with Crippen molar-refractivity contribution in [1.29, 1.82) is 0 Å². The molecule has 0 aliphatic rings. The number of halogens is 2. The predicted octanol–water partition coefficient (Wildman–Crippen LogP) is 1.55. The van der Waals surface area contributed by atoms with Gasteiger partial charge in [0.15, 0.2) is 0 Å². The Morgan fingerprint density at radius 1 is 1.05 bits per heavy atom. The molecule has 0 fully saturated rings. The van der Waals surface area contributed by atoms with E-state index in [1.54, 1.807) is 0 Å². The summed E-state index contributed by atoms with van der Waals surface area (Å²) in [7, 11) is 0. The van der Waals surface area contributed by atoms with Gasteiger partial charge < -0.3 is 10.3 Å². The number of aromatic nitrogens is 2. The van der Waals surface area contributed by atoms with E-state index in [-0.39, 0.29) is 12.1 Å². The van der Waals surface area contributed by atoms with Crippen LogP contribution in [0.25, 0.3) is 0 Å². The highest BCUT2D eigenvalue weighted by molar-refractivity contribution is 6.35. The Hall–Kier alpha value is -2.05. The van der Waals surface area contributed by atoms with Crippen molar-refractivity contribution in [3.63, 3.8) is 0 Å². The standard InChI is InChI=1S/C12H9Cl2N3O3/c13-6-1-7(14)3-8(2-6)15-10(18)4-9-5-11(19)17-12(20)16-9/h1-3,5H,4H2,(H,15,18)(H2,16,17,19,20). The maximum Gasteiger partial charge on any atom is 0.325 e. The lowest BCUT2D eigenvalue weighted by atomic mass is 10.2. The number of hydrogen-bond donors (Lipinski definition) is 3. The largest absolute Gasteiger partial charge is 0.326 e. The Kier molecular flexibility index (Phi) is 4.26. The molecule has 0 spiro atoms. The lowest BCUT2D eigenvalue weighted by Crippen LogP contribution is -2.25. The van der Waals surface area contributed by atoms with E-state index < -0.39 is 17.2 Å². The Labute approximate surface area is 122 Å². The molecular weight excluding hydrogens is 305 g/mol. The number of nitrogens with one attached hydrogen (secondary N) is 3. The molecule has 0 saturated heterocycles. The summed E-state index contributed by atoms with van der Waals surface area (Å²) in [5, 5.41) is 3.34. The van der Waals surface area contributed by atoms with E-state index >= 15 is 0 Å². The van der Waals surface area contributed by atoms with Crippen LogP contribution in [0.15, 0.2) is 33.9 Å². The number of anilines is 1. The SMILES string of the molecule is O=C(Cc1cc(=O)[nH]c(=O)[nH]1)Nc1cc(Cl)cc(Cl)c1. The average Bonchev–Trinajstić information content (AvgIpc) is 2.24. The zero-order chi connectivity index (χ0) is 14.7. The van der Waals surface area contributed by atoms with Gasteiger partial charge in [0.2, 0.25) is 5.91 Å². The molecule has 1 aromatic heterocycles. The fraction of sp³-hybridized carbons (Fsp3) is 0.0833. The summed E-state index contributed by atoms with van der Waals surface area (Å²) in [6.45, 7) is 0. The van der Waals surface area contributed by atoms with Crippen molar-refractivity contribution in [2.45, 2.75) is 6.42 Å². The van der Waals surface area contributed by atoms with Crippen molar-refractivity contribution in [2.24, 2.45) is 0 Å². The number of hydrogen-bond acceptors (Lipinski definition) is 3. The van der Waals surface area contributed by atoms with Crippen LogP contribution in [-0.2, 0) is 11.2 Å². The van der Waals surface area contributed by atoms with Crippen LogP contribution in [0.4, 0.5) is 5.69 Å². The van der Waals surface area contributed by atoms with Crippen LogP contribution in [0.5, 0.6) is 0 Å². The minimum atomic E-state index is -0.661. The molecule has 0 aliphatic carbocycles. The summed E-state index contributed by atoms with van der Waals surface area (Å²) in [4.78, 5) is 38.3. The zero-order valence-electron chi connectivity index (χ0n) is 10.00. The quantitative estimate of drug-likeness (QED) is 0.802. The average molecular weight is 314 g/mol. The van der Waals surface area contributed by atoms with Crippen LogP contribution >= 0.6 is 23.2 Å². The molecule has 6 nitrogen and oxygen atoms in total. The molecule has 0 unspecified atom stereocenters. The Morgan fingerprint density at radius 3 is 2.30 bits per heavy atom. The number of H-pyrrole nitrogens is 2. The first-order valence-electron chi connectivity index (χ1n) is 5.51. The fourth-order valence-electron chi connectivity index (χ4n) is 1.62. The van der Waals surface area contributed by atoms with Gasteiger partial charge in [0.25, 0.3) is 5.56 Å². The molecule has 0 atom stereocenters. The molecule has 0 saturated carbocycles. The second kappa shape index (κ2) is 5.94. The van der Waals surface area contributed by atoms with Crippen molar-refractivity contribution >= 4 is 34.8 Å². The predicted molar refractivity (Wildman–Crippen MR) is 76.5 cm³/mol. The van der Waals surface area contributed by atoms with E-state index in [2.05, 4.69) is 10.3 Å². The number of amides is 1. The van der Waals surface area contributed by atoms with E-state index in [9.17, 15) is 14.4 Å². The highest BCUT2D eigenvalue weighted by atomic mass is 35.5. The van der Waals surface area contributed by atoms with E-state index in [1.807, 2.05) is 4.98 Å². The number of carbonyl (C=O) groups excluding carboxylic acids is 1. The summed E-state index contributed by atoms with van der Waals surface area (Å²) in [6.07, 6.45) is -0.150. The van der Waals surface area contributed by atoms with Crippen molar-refractivity contribution in [1.82, 2.24) is 9.97 Å².